The van der Waals surface area contributed by atoms with Crippen molar-refractivity contribution >= 4 is 0 Å². The third kappa shape index (κ3) is 4.24. The summed E-state index contributed by atoms with van der Waals surface area (Å²) in [5.74, 6) is 1.76. The Balaban J connectivity index is 1.84. The Morgan fingerprint density at radius 2 is 1.83 bits per heavy atom. The van der Waals surface area contributed by atoms with Gasteiger partial charge in [-0.25, -0.2) is 0 Å². The molecule has 0 aromatic heterocycles. The van der Waals surface area contributed by atoms with Crippen LogP contribution in [-0.4, -0.2) is 26.3 Å². The van der Waals surface area contributed by atoms with E-state index in [1.807, 2.05) is 0 Å². The van der Waals surface area contributed by atoms with Gasteiger partial charge in [-0.15, -0.1) is 0 Å². The van der Waals surface area contributed by atoms with E-state index in [9.17, 15) is 0 Å². The van der Waals surface area contributed by atoms with Crippen LogP contribution in [0.2, 0.25) is 0 Å². The second-order valence-electron chi connectivity index (χ2n) is 6.99. The molecule has 106 valence electrons. The average molecular weight is 253 g/mol. The Kier molecular flexibility index (Phi) is 5.50. The van der Waals surface area contributed by atoms with Crippen LogP contribution in [0, 0.1) is 17.3 Å². The van der Waals surface area contributed by atoms with Crippen molar-refractivity contribution in [3.05, 3.63) is 0 Å². The summed E-state index contributed by atoms with van der Waals surface area (Å²) in [4.78, 5) is 0. The molecule has 1 aliphatic heterocycles. The van der Waals surface area contributed by atoms with Crippen LogP contribution in [0.3, 0.4) is 0 Å². The van der Waals surface area contributed by atoms with Gasteiger partial charge in [-0.3, -0.25) is 0 Å². The summed E-state index contributed by atoms with van der Waals surface area (Å²) in [5, 5.41) is 3.71. The molecule has 0 aromatic carbocycles. The van der Waals surface area contributed by atoms with E-state index in [1.54, 1.807) is 0 Å². The summed E-state index contributed by atoms with van der Waals surface area (Å²) in [7, 11) is 0. The maximum absolute atomic E-state index is 5.59. The third-order valence-electron chi connectivity index (χ3n) is 4.80. The van der Waals surface area contributed by atoms with Gasteiger partial charge in [0.2, 0.25) is 0 Å². The zero-order valence-electron chi connectivity index (χ0n) is 12.3. The van der Waals surface area contributed by atoms with Crippen LogP contribution < -0.4 is 5.32 Å². The minimum absolute atomic E-state index is 0.544. The Morgan fingerprint density at radius 1 is 1.17 bits per heavy atom. The molecule has 1 N–H and O–H groups in total. The normalized spacial score (nSPS) is 24.8. The number of rotatable bonds is 6. The third-order valence-corrected chi connectivity index (χ3v) is 4.80. The van der Waals surface area contributed by atoms with Gasteiger partial charge < -0.3 is 10.1 Å². The first kappa shape index (κ1) is 14.3. The lowest BCUT2D eigenvalue weighted by Crippen LogP contribution is -2.41. The van der Waals surface area contributed by atoms with Crippen LogP contribution >= 0.6 is 0 Å². The van der Waals surface area contributed by atoms with Crippen LogP contribution in [0.5, 0.6) is 0 Å². The van der Waals surface area contributed by atoms with E-state index in [-0.39, 0.29) is 0 Å². The SMILES string of the molecule is CC(C)CNCC1(CC2CCCC2)CCOCC1. The number of nitrogens with one attached hydrogen (secondary N) is 1. The molecule has 18 heavy (non-hydrogen) atoms. The lowest BCUT2D eigenvalue weighted by molar-refractivity contribution is 0.00223. The molecule has 1 aliphatic carbocycles. The van der Waals surface area contributed by atoms with Crippen LogP contribution in [0.4, 0.5) is 0 Å². The van der Waals surface area contributed by atoms with Crippen LogP contribution in [0.1, 0.15) is 58.8 Å². The monoisotopic (exact) mass is 253 g/mol. The summed E-state index contributed by atoms with van der Waals surface area (Å²) in [6.45, 7) is 8.92. The number of hydrogen-bond donors (Lipinski definition) is 1. The van der Waals surface area contributed by atoms with Crippen molar-refractivity contribution in [2.45, 2.75) is 58.8 Å². The quantitative estimate of drug-likeness (QED) is 0.781. The molecule has 2 aliphatic rings. The molecule has 2 fully saturated rings. The molecule has 1 saturated carbocycles. The summed E-state index contributed by atoms with van der Waals surface area (Å²) in [6, 6.07) is 0. The van der Waals surface area contributed by atoms with Crippen LogP contribution in [-0.2, 0) is 4.74 Å². The van der Waals surface area contributed by atoms with Crippen LogP contribution in [0.25, 0.3) is 0 Å². The summed E-state index contributed by atoms with van der Waals surface area (Å²) < 4.78 is 5.59. The van der Waals surface area contributed by atoms with Gasteiger partial charge in [-0.1, -0.05) is 39.5 Å². The largest absolute Gasteiger partial charge is 0.381 e. The Hall–Kier alpha value is -0.0800. The van der Waals surface area contributed by atoms with E-state index in [4.69, 9.17) is 4.74 Å². The van der Waals surface area contributed by atoms with Gasteiger partial charge in [-0.2, -0.15) is 0 Å². The minimum Gasteiger partial charge on any atom is -0.381 e. The first-order chi connectivity index (χ1) is 8.70. The number of hydrogen-bond acceptors (Lipinski definition) is 2. The van der Waals surface area contributed by atoms with Gasteiger partial charge in [0.05, 0.1) is 0 Å². The molecule has 0 bridgehead atoms. The van der Waals surface area contributed by atoms with Crippen molar-refractivity contribution in [3.8, 4) is 0 Å². The highest BCUT2D eigenvalue weighted by molar-refractivity contribution is 4.87. The fourth-order valence-corrected chi connectivity index (χ4v) is 3.71. The first-order valence-corrected chi connectivity index (χ1v) is 7.99. The molecule has 0 amide bonds. The molecule has 1 heterocycles. The molecule has 2 nitrogen and oxygen atoms in total. The molecule has 0 aromatic rings. The highest BCUT2D eigenvalue weighted by atomic mass is 16.5. The topological polar surface area (TPSA) is 21.3 Å². The lowest BCUT2D eigenvalue weighted by atomic mass is 9.73. The molecule has 0 atom stereocenters. The lowest BCUT2D eigenvalue weighted by Gasteiger charge is -2.39. The zero-order chi connectivity index (χ0) is 12.8. The predicted octanol–water partition coefficient (Wildman–Crippen LogP) is 3.61. The van der Waals surface area contributed by atoms with Gasteiger partial charge in [0, 0.05) is 19.8 Å². The molecule has 2 rings (SSSR count). The van der Waals surface area contributed by atoms with E-state index in [2.05, 4.69) is 19.2 Å². The van der Waals surface area contributed by atoms with Gasteiger partial charge >= 0.3 is 0 Å². The van der Waals surface area contributed by atoms with Gasteiger partial charge in [0.1, 0.15) is 0 Å². The van der Waals surface area contributed by atoms with Crippen molar-refractivity contribution in [2.24, 2.45) is 17.3 Å². The maximum atomic E-state index is 5.59. The van der Waals surface area contributed by atoms with Crippen molar-refractivity contribution in [3.63, 3.8) is 0 Å². The smallest absolute Gasteiger partial charge is 0.0471 e. The second-order valence-corrected chi connectivity index (χ2v) is 6.99. The summed E-state index contributed by atoms with van der Waals surface area (Å²) in [6.07, 6.45) is 9.89. The molecule has 2 heteroatoms. The van der Waals surface area contributed by atoms with Crippen molar-refractivity contribution < 1.29 is 4.74 Å². The average Bonchev–Trinajstić information content (AvgIpc) is 2.82. The van der Waals surface area contributed by atoms with Crippen molar-refractivity contribution in [2.75, 3.05) is 26.3 Å². The first-order valence-electron chi connectivity index (χ1n) is 7.99. The molecule has 1 saturated heterocycles. The second kappa shape index (κ2) is 6.91. The standard InChI is InChI=1S/C16H31NO/c1-14(2)12-17-13-16(7-9-18-10-8-16)11-15-5-3-4-6-15/h14-15,17H,3-13H2,1-2H3. The number of ether oxygens (including phenoxy) is 1. The predicted molar refractivity (Wildman–Crippen MR) is 76.8 cm³/mol. The van der Waals surface area contributed by atoms with E-state index in [0.29, 0.717) is 5.41 Å². The molecular formula is C16H31NO. The maximum Gasteiger partial charge on any atom is 0.0471 e. The Bertz CT molecular complexity index is 227. The zero-order valence-corrected chi connectivity index (χ0v) is 12.3. The highest BCUT2D eigenvalue weighted by Crippen LogP contribution is 2.41. The Labute approximate surface area is 113 Å². The van der Waals surface area contributed by atoms with Gasteiger partial charge in [-0.05, 0) is 43.1 Å². The highest BCUT2D eigenvalue weighted by Gasteiger charge is 2.35. The van der Waals surface area contributed by atoms with E-state index < -0.39 is 0 Å². The molecule has 0 unspecified atom stereocenters. The summed E-state index contributed by atoms with van der Waals surface area (Å²) in [5.41, 5.74) is 0.544. The van der Waals surface area contributed by atoms with E-state index in [0.717, 1.165) is 31.6 Å². The van der Waals surface area contributed by atoms with Crippen molar-refractivity contribution in [1.29, 1.82) is 0 Å². The van der Waals surface area contributed by atoms with E-state index in [1.165, 1.54) is 51.5 Å². The molecule has 0 radical (unpaired) electrons. The minimum atomic E-state index is 0.544. The van der Waals surface area contributed by atoms with Gasteiger partial charge in [0.25, 0.3) is 0 Å². The molecule has 0 spiro atoms. The van der Waals surface area contributed by atoms with Crippen molar-refractivity contribution in [1.82, 2.24) is 5.32 Å². The van der Waals surface area contributed by atoms with E-state index >= 15 is 0 Å². The Morgan fingerprint density at radius 3 is 2.44 bits per heavy atom. The fourth-order valence-electron chi connectivity index (χ4n) is 3.71. The molecular weight excluding hydrogens is 222 g/mol. The fraction of sp³-hybridized carbons (Fsp3) is 1.00. The summed E-state index contributed by atoms with van der Waals surface area (Å²) >= 11 is 0. The van der Waals surface area contributed by atoms with Crippen LogP contribution in [0.15, 0.2) is 0 Å². The van der Waals surface area contributed by atoms with Gasteiger partial charge in [0.15, 0.2) is 0 Å².